The minimum absolute atomic E-state index is 0. The van der Waals surface area contributed by atoms with Crippen LogP contribution in [-0.2, 0) is 13.0 Å². The first-order valence-electron chi connectivity index (χ1n) is 9.62. The Balaban J connectivity index is 0.00000225. The van der Waals surface area contributed by atoms with E-state index in [2.05, 4.69) is 53.2 Å². The first kappa shape index (κ1) is 20.5. The second-order valence-corrected chi connectivity index (χ2v) is 7.04. The molecule has 1 aromatic carbocycles. The molecule has 0 radical (unpaired) electrons. The van der Waals surface area contributed by atoms with Crippen LogP contribution in [0.5, 0.6) is 0 Å². The molecule has 0 bridgehead atoms. The Kier molecular flexibility index (Phi) is 8.49. The molecule has 5 heteroatoms. The van der Waals surface area contributed by atoms with Gasteiger partial charge < -0.3 is 15.1 Å². The van der Waals surface area contributed by atoms with Crippen LogP contribution in [0.1, 0.15) is 37.8 Å². The highest BCUT2D eigenvalue weighted by Gasteiger charge is 2.21. The molecule has 3 rings (SSSR count). The zero-order valence-electron chi connectivity index (χ0n) is 15.7. The zero-order valence-corrected chi connectivity index (χ0v) is 18.0. The Morgan fingerprint density at radius 1 is 1.20 bits per heavy atom. The standard InChI is InChI=1S/C20H32N4.HI/c1-3-21-20(22-14-17-8-7-12-23(4-2)15-17)24-13-11-18-9-5-6-10-19(18)16-24;/h5-6,9-10,17H,3-4,7-8,11-16H2,1-2H3,(H,21,22);1H. The topological polar surface area (TPSA) is 30.9 Å². The quantitative estimate of drug-likeness (QED) is 0.428. The lowest BCUT2D eigenvalue weighted by Gasteiger charge is -2.33. The minimum atomic E-state index is 0. The zero-order chi connectivity index (χ0) is 16.8. The van der Waals surface area contributed by atoms with E-state index in [1.165, 1.54) is 43.6 Å². The summed E-state index contributed by atoms with van der Waals surface area (Å²) in [5.41, 5.74) is 2.94. The van der Waals surface area contributed by atoms with Gasteiger partial charge in [-0.05, 0) is 56.3 Å². The molecule has 0 aromatic heterocycles. The van der Waals surface area contributed by atoms with Crippen molar-refractivity contribution in [2.75, 3.05) is 39.3 Å². The fraction of sp³-hybridized carbons (Fsp3) is 0.650. The number of nitrogens with one attached hydrogen (secondary N) is 1. The van der Waals surface area contributed by atoms with Gasteiger partial charge in [0.1, 0.15) is 0 Å². The van der Waals surface area contributed by atoms with E-state index >= 15 is 0 Å². The average Bonchev–Trinajstić information content (AvgIpc) is 2.65. The van der Waals surface area contributed by atoms with Crippen LogP contribution in [-0.4, -0.2) is 55.0 Å². The Hall–Kier alpha value is -0.820. The maximum atomic E-state index is 5.01. The summed E-state index contributed by atoms with van der Waals surface area (Å²) >= 11 is 0. The van der Waals surface area contributed by atoms with Crippen LogP contribution in [0.3, 0.4) is 0 Å². The number of benzene rings is 1. The number of likely N-dealkylation sites (tertiary alicyclic amines) is 1. The molecule has 1 unspecified atom stereocenters. The molecule has 0 aliphatic carbocycles. The molecule has 1 atom stereocenters. The first-order valence-corrected chi connectivity index (χ1v) is 9.62. The van der Waals surface area contributed by atoms with Gasteiger partial charge in [0.2, 0.25) is 0 Å². The van der Waals surface area contributed by atoms with Gasteiger partial charge in [-0.3, -0.25) is 4.99 Å². The molecule has 0 spiro atoms. The number of rotatable bonds is 4. The van der Waals surface area contributed by atoms with Crippen LogP contribution >= 0.6 is 24.0 Å². The van der Waals surface area contributed by atoms with E-state index in [-0.39, 0.29) is 24.0 Å². The predicted octanol–water partition coefficient (Wildman–Crippen LogP) is 3.36. The smallest absolute Gasteiger partial charge is 0.194 e. The summed E-state index contributed by atoms with van der Waals surface area (Å²) in [6, 6.07) is 8.81. The Morgan fingerprint density at radius 2 is 2.00 bits per heavy atom. The van der Waals surface area contributed by atoms with Gasteiger partial charge in [0.25, 0.3) is 0 Å². The van der Waals surface area contributed by atoms with Crippen LogP contribution in [0.2, 0.25) is 0 Å². The summed E-state index contributed by atoms with van der Waals surface area (Å²) in [5, 5.41) is 3.51. The minimum Gasteiger partial charge on any atom is -0.357 e. The molecular weight excluding hydrogens is 423 g/mol. The molecule has 1 aromatic rings. The third-order valence-corrected chi connectivity index (χ3v) is 5.31. The van der Waals surface area contributed by atoms with Gasteiger partial charge in [-0.15, -0.1) is 24.0 Å². The lowest BCUT2D eigenvalue weighted by atomic mass is 9.98. The highest BCUT2D eigenvalue weighted by molar-refractivity contribution is 14.0. The molecule has 2 aliphatic heterocycles. The van der Waals surface area contributed by atoms with E-state index in [4.69, 9.17) is 4.99 Å². The van der Waals surface area contributed by atoms with Gasteiger partial charge in [-0.2, -0.15) is 0 Å². The normalized spacial score (nSPS) is 21.4. The molecule has 1 fully saturated rings. The Morgan fingerprint density at radius 3 is 2.76 bits per heavy atom. The molecule has 1 N–H and O–H groups in total. The maximum absolute atomic E-state index is 5.01. The molecule has 4 nitrogen and oxygen atoms in total. The highest BCUT2D eigenvalue weighted by atomic mass is 127. The lowest BCUT2D eigenvalue weighted by Crippen LogP contribution is -2.44. The molecule has 0 saturated carbocycles. The van der Waals surface area contributed by atoms with Crippen molar-refractivity contribution in [2.24, 2.45) is 10.9 Å². The number of hydrogen-bond acceptors (Lipinski definition) is 2. The second-order valence-electron chi connectivity index (χ2n) is 7.04. The number of aliphatic imine (C=N–C) groups is 1. The summed E-state index contributed by atoms with van der Waals surface area (Å²) in [4.78, 5) is 9.99. The number of nitrogens with zero attached hydrogens (tertiary/aromatic N) is 3. The van der Waals surface area contributed by atoms with Crippen molar-refractivity contribution in [3.63, 3.8) is 0 Å². The third-order valence-electron chi connectivity index (χ3n) is 5.31. The van der Waals surface area contributed by atoms with Crippen molar-refractivity contribution < 1.29 is 0 Å². The summed E-state index contributed by atoms with van der Waals surface area (Å²) in [6.45, 7) is 12.0. The molecule has 1 saturated heterocycles. The molecular formula is C20H33IN4. The van der Waals surface area contributed by atoms with E-state index in [0.717, 1.165) is 38.6 Å². The Bertz CT molecular complexity index is 560. The largest absolute Gasteiger partial charge is 0.357 e. The van der Waals surface area contributed by atoms with Gasteiger partial charge in [0.05, 0.1) is 0 Å². The molecule has 0 amide bonds. The van der Waals surface area contributed by atoms with Crippen molar-refractivity contribution in [3.8, 4) is 0 Å². The van der Waals surface area contributed by atoms with Crippen molar-refractivity contribution in [3.05, 3.63) is 35.4 Å². The van der Waals surface area contributed by atoms with Crippen molar-refractivity contribution in [1.82, 2.24) is 15.1 Å². The van der Waals surface area contributed by atoms with Crippen LogP contribution in [0, 0.1) is 5.92 Å². The van der Waals surface area contributed by atoms with E-state index in [0.29, 0.717) is 5.92 Å². The predicted molar refractivity (Wildman–Crippen MR) is 117 cm³/mol. The molecule has 2 heterocycles. The van der Waals surface area contributed by atoms with Gasteiger partial charge in [0.15, 0.2) is 5.96 Å². The van der Waals surface area contributed by atoms with Gasteiger partial charge in [-0.25, -0.2) is 0 Å². The van der Waals surface area contributed by atoms with E-state index in [1.54, 1.807) is 0 Å². The fourth-order valence-corrected chi connectivity index (χ4v) is 3.91. The lowest BCUT2D eigenvalue weighted by molar-refractivity contribution is 0.186. The monoisotopic (exact) mass is 456 g/mol. The van der Waals surface area contributed by atoms with E-state index < -0.39 is 0 Å². The van der Waals surface area contributed by atoms with Crippen LogP contribution < -0.4 is 5.32 Å². The summed E-state index contributed by atoms with van der Waals surface area (Å²) in [6.07, 6.45) is 3.76. The second kappa shape index (κ2) is 10.4. The van der Waals surface area contributed by atoms with Crippen molar-refractivity contribution in [2.45, 2.75) is 39.7 Å². The number of hydrogen-bond donors (Lipinski definition) is 1. The number of halogens is 1. The molecule has 2 aliphatic rings. The number of guanidine groups is 1. The fourth-order valence-electron chi connectivity index (χ4n) is 3.91. The molecule has 140 valence electrons. The van der Waals surface area contributed by atoms with E-state index in [1.807, 2.05) is 0 Å². The first-order chi connectivity index (χ1) is 11.8. The van der Waals surface area contributed by atoms with Gasteiger partial charge in [-0.1, -0.05) is 31.2 Å². The van der Waals surface area contributed by atoms with Crippen LogP contribution in [0.25, 0.3) is 0 Å². The highest BCUT2D eigenvalue weighted by Crippen LogP contribution is 2.20. The Labute approximate surface area is 170 Å². The van der Waals surface area contributed by atoms with E-state index in [9.17, 15) is 0 Å². The SMILES string of the molecule is CCNC(=NCC1CCCN(CC)C1)N1CCc2ccccc2C1.I. The maximum Gasteiger partial charge on any atom is 0.194 e. The van der Waals surface area contributed by atoms with Crippen molar-refractivity contribution in [1.29, 1.82) is 0 Å². The third kappa shape index (κ3) is 5.58. The average molecular weight is 456 g/mol. The van der Waals surface area contributed by atoms with Crippen molar-refractivity contribution >= 4 is 29.9 Å². The van der Waals surface area contributed by atoms with Crippen LogP contribution in [0.4, 0.5) is 0 Å². The summed E-state index contributed by atoms with van der Waals surface area (Å²) in [7, 11) is 0. The summed E-state index contributed by atoms with van der Waals surface area (Å²) < 4.78 is 0. The molecule has 25 heavy (non-hydrogen) atoms. The summed E-state index contributed by atoms with van der Waals surface area (Å²) in [5.74, 6) is 1.81. The van der Waals surface area contributed by atoms with Crippen LogP contribution in [0.15, 0.2) is 29.3 Å². The van der Waals surface area contributed by atoms with Gasteiger partial charge >= 0.3 is 0 Å². The van der Waals surface area contributed by atoms with Gasteiger partial charge in [0, 0.05) is 32.7 Å². The number of piperidine rings is 1. The number of fused-ring (bicyclic) bond motifs is 1.